The van der Waals surface area contributed by atoms with Gasteiger partial charge in [0.05, 0.1) is 6.42 Å². The molecule has 0 radical (unpaired) electrons. The zero-order valence-corrected chi connectivity index (χ0v) is 13.4. The molecule has 0 atom stereocenters. The number of hydrogen-bond donors (Lipinski definition) is 3. The lowest BCUT2D eigenvalue weighted by atomic mass is 10.3. The molecule has 1 heterocycles. The molecular formula is C12H18N2O5S2. The van der Waals surface area contributed by atoms with Crippen LogP contribution in [-0.2, 0) is 26.0 Å². The first-order chi connectivity index (χ1) is 9.70. The Morgan fingerprint density at radius 3 is 2.57 bits per heavy atom. The lowest BCUT2D eigenvalue weighted by Crippen LogP contribution is -2.33. The molecule has 0 fully saturated rings. The van der Waals surface area contributed by atoms with E-state index in [1.54, 1.807) is 0 Å². The average Bonchev–Trinajstić information content (AvgIpc) is 2.75. The van der Waals surface area contributed by atoms with Gasteiger partial charge >= 0.3 is 5.97 Å². The Balaban J connectivity index is 2.55. The molecular weight excluding hydrogens is 316 g/mol. The van der Waals surface area contributed by atoms with Crippen LogP contribution in [0.3, 0.4) is 0 Å². The summed E-state index contributed by atoms with van der Waals surface area (Å²) in [6.07, 6.45) is -0.165. The fourth-order valence-electron chi connectivity index (χ4n) is 1.51. The first-order valence-corrected chi connectivity index (χ1v) is 8.60. The van der Waals surface area contributed by atoms with Gasteiger partial charge < -0.3 is 10.4 Å². The first-order valence-electron chi connectivity index (χ1n) is 6.30. The molecule has 0 spiro atoms. The largest absolute Gasteiger partial charge is 0.481 e. The number of nitrogens with one attached hydrogen (secondary N) is 2. The number of carboxylic acid groups (broad SMARTS) is 1. The molecule has 0 saturated carbocycles. The highest BCUT2D eigenvalue weighted by Crippen LogP contribution is 2.21. The third-order valence-electron chi connectivity index (χ3n) is 2.32. The Bertz CT molecular complexity index is 607. The summed E-state index contributed by atoms with van der Waals surface area (Å²) in [4.78, 5) is 22.4. The SMILES string of the molecule is CC(C)NC(=O)CCNS(=O)(=O)c1ccc(CC(=O)O)s1. The number of hydrogen-bond acceptors (Lipinski definition) is 5. The molecule has 0 aliphatic carbocycles. The second-order valence-corrected chi connectivity index (χ2v) is 7.82. The van der Waals surface area contributed by atoms with E-state index in [0.29, 0.717) is 4.88 Å². The summed E-state index contributed by atoms with van der Waals surface area (Å²) < 4.78 is 26.3. The molecule has 0 bridgehead atoms. The van der Waals surface area contributed by atoms with Gasteiger partial charge in [0, 0.05) is 23.9 Å². The fourth-order valence-corrected chi connectivity index (χ4v) is 3.93. The number of amides is 1. The summed E-state index contributed by atoms with van der Waals surface area (Å²) in [5.74, 6) is -1.25. The van der Waals surface area contributed by atoms with Crippen LogP contribution in [0.15, 0.2) is 16.3 Å². The summed E-state index contributed by atoms with van der Waals surface area (Å²) in [6.45, 7) is 3.63. The maximum Gasteiger partial charge on any atom is 0.308 e. The normalized spacial score (nSPS) is 11.6. The summed E-state index contributed by atoms with van der Waals surface area (Å²) in [7, 11) is -3.70. The molecule has 1 amide bonds. The van der Waals surface area contributed by atoms with Crippen molar-refractivity contribution < 1.29 is 23.1 Å². The van der Waals surface area contributed by atoms with Gasteiger partial charge in [0.2, 0.25) is 15.9 Å². The predicted molar refractivity (Wildman–Crippen MR) is 78.7 cm³/mol. The Morgan fingerprint density at radius 2 is 2.00 bits per heavy atom. The number of carbonyl (C=O) groups excluding carboxylic acids is 1. The van der Waals surface area contributed by atoms with E-state index in [4.69, 9.17) is 5.11 Å². The van der Waals surface area contributed by atoms with E-state index < -0.39 is 16.0 Å². The van der Waals surface area contributed by atoms with Gasteiger partial charge in [-0.15, -0.1) is 11.3 Å². The second kappa shape index (κ2) is 7.53. The summed E-state index contributed by atoms with van der Waals surface area (Å²) >= 11 is 0.906. The lowest BCUT2D eigenvalue weighted by Gasteiger charge is -2.08. The van der Waals surface area contributed by atoms with Crippen LogP contribution in [0, 0.1) is 0 Å². The van der Waals surface area contributed by atoms with Crippen molar-refractivity contribution in [1.29, 1.82) is 0 Å². The highest BCUT2D eigenvalue weighted by atomic mass is 32.2. The number of aliphatic carboxylic acids is 1. The van der Waals surface area contributed by atoms with Crippen LogP contribution in [0.25, 0.3) is 0 Å². The van der Waals surface area contributed by atoms with Crippen molar-refractivity contribution in [1.82, 2.24) is 10.0 Å². The Labute approximate surface area is 127 Å². The Hall–Kier alpha value is -1.45. The van der Waals surface area contributed by atoms with Crippen molar-refractivity contribution in [2.45, 2.75) is 36.9 Å². The van der Waals surface area contributed by atoms with Crippen molar-refractivity contribution in [3.63, 3.8) is 0 Å². The lowest BCUT2D eigenvalue weighted by molar-refractivity contribution is -0.136. The number of carboxylic acids is 1. The zero-order valence-electron chi connectivity index (χ0n) is 11.8. The highest BCUT2D eigenvalue weighted by Gasteiger charge is 2.17. The summed E-state index contributed by atoms with van der Waals surface area (Å²) in [5, 5.41) is 11.3. The molecule has 0 aromatic carbocycles. The standard InChI is InChI=1S/C12H18N2O5S2/c1-8(2)14-10(15)5-6-13-21(18,19)12-4-3-9(20-12)7-11(16)17/h3-4,8,13H,5-7H2,1-2H3,(H,14,15)(H,16,17). The third kappa shape index (κ3) is 6.23. The van der Waals surface area contributed by atoms with Crippen LogP contribution in [0.4, 0.5) is 0 Å². The van der Waals surface area contributed by atoms with Crippen molar-refractivity contribution in [2.75, 3.05) is 6.54 Å². The summed E-state index contributed by atoms with van der Waals surface area (Å²) in [5.41, 5.74) is 0. The van der Waals surface area contributed by atoms with Crippen molar-refractivity contribution in [3.05, 3.63) is 17.0 Å². The van der Waals surface area contributed by atoms with Crippen LogP contribution in [0.5, 0.6) is 0 Å². The topological polar surface area (TPSA) is 113 Å². The fraction of sp³-hybridized carbons (Fsp3) is 0.500. The molecule has 1 aromatic heterocycles. The maximum atomic E-state index is 12.0. The van der Waals surface area contributed by atoms with Crippen LogP contribution >= 0.6 is 11.3 Å². The van der Waals surface area contributed by atoms with Gasteiger partial charge in [0.25, 0.3) is 0 Å². The van der Waals surface area contributed by atoms with Gasteiger partial charge in [0.1, 0.15) is 4.21 Å². The van der Waals surface area contributed by atoms with Crippen molar-refractivity contribution in [3.8, 4) is 0 Å². The van der Waals surface area contributed by atoms with Crippen LogP contribution in [0.2, 0.25) is 0 Å². The number of sulfonamides is 1. The molecule has 0 saturated heterocycles. The van der Waals surface area contributed by atoms with Gasteiger partial charge in [-0.05, 0) is 26.0 Å². The molecule has 21 heavy (non-hydrogen) atoms. The third-order valence-corrected chi connectivity index (χ3v) is 5.36. The minimum Gasteiger partial charge on any atom is -0.481 e. The van der Waals surface area contributed by atoms with E-state index in [2.05, 4.69) is 10.0 Å². The minimum absolute atomic E-state index is 0.00461. The van der Waals surface area contributed by atoms with E-state index in [-0.39, 0.29) is 35.5 Å². The van der Waals surface area contributed by atoms with E-state index in [1.807, 2.05) is 13.8 Å². The molecule has 7 nitrogen and oxygen atoms in total. The van der Waals surface area contributed by atoms with Gasteiger partial charge in [-0.3, -0.25) is 9.59 Å². The van der Waals surface area contributed by atoms with E-state index in [0.717, 1.165) is 11.3 Å². The molecule has 9 heteroatoms. The average molecular weight is 334 g/mol. The van der Waals surface area contributed by atoms with E-state index >= 15 is 0 Å². The molecule has 0 aliphatic rings. The molecule has 3 N–H and O–H groups in total. The Morgan fingerprint density at radius 1 is 1.33 bits per heavy atom. The van der Waals surface area contributed by atoms with Crippen molar-refractivity contribution in [2.24, 2.45) is 0 Å². The van der Waals surface area contributed by atoms with Crippen LogP contribution in [-0.4, -0.2) is 38.0 Å². The molecule has 118 valence electrons. The first kappa shape index (κ1) is 17.6. The predicted octanol–water partition coefficient (Wildman–Crippen LogP) is 0.568. The van der Waals surface area contributed by atoms with Gasteiger partial charge in [-0.2, -0.15) is 0 Å². The highest BCUT2D eigenvalue weighted by molar-refractivity contribution is 7.91. The quantitative estimate of drug-likeness (QED) is 0.643. The number of carbonyl (C=O) groups is 2. The van der Waals surface area contributed by atoms with Crippen molar-refractivity contribution >= 4 is 33.2 Å². The zero-order chi connectivity index (χ0) is 16.0. The van der Waals surface area contributed by atoms with Gasteiger partial charge in [-0.1, -0.05) is 0 Å². The second-order valence-electron chi connectivity index (χ2n) is 4.66. The van der Waals surface area contributed by atoms with Gasteiger partial charge in [0.15, 0.2) is 0 Å². The number of rotatable bonds is 8. The molecule has 1 aromatic rings. The summed E-state index contributed by atoms with van der Waals surface area (Å²) in [6, 6.07) is 2.84. The van der Waals surface area contributed by atoms with Crippen LogP contribution in [0.1, 0.15) is 25.1 Å². The smallest absolute Gasteiger partial charge is 0.308 e. The van der Waals surface area contributed by atoms with Crippen LogP contribution < -0.4 is 10.0 Å². The maximum absolute atomic E-state index is 12.0. The van der Waals surface area contributed by atoms with Gasteiger partial charge in [-0.25, -0.2) is 13.1 Å². The molecule has 1 rings (SSSR count). The minimum atomic E-state index is -3.70. The Kier molecular flexibility index (Phi) is 6.31. The number of thiophene rings is 1. The van der Waals surface area contributed by atoms with E-state index in [1.165, 1.54) is 12.1 Å². The van der Waals surface area contributed by atoms with E-state index in [9.17, 15) is 18.0 Å². The molecule has 0 unspecified atom stereocenters. The monoisotopic (exact) mass is 334 g/mol. The molecule has 0 aliphatic heterocycles.